The monoisotopic (exact) mass is 170 g/mol. The van der Waals surface area contributed by atoms with E-state index >= 15 is 0 Å². The summed E-state index contributed by atoms with van der Waals surface area (Å²) >= 11 is 0. The molecule has 0 aromatic carbocycles. The maximum absolute atomic E-state index is 11.2. The maximum atomic E-state index is 11.2. The lowest BCUT2D eigenvalue weighted by Crippen LogP contribution is -2.44. The average molecular weight is 170 g/mol. The molecule has 0 radical (unpaired) electrons. The Morgan fingerprint density at radius 3 is 2.25 bits per heavy atom. The van der Waals surface area contributed by atoms with E-state index in [9.17, 15) is 4.79 Å². The second-order valence-electron chi connectivity index (χ2n) is 3.90. The van der Waals surface area contributed by atoms with Crippen LogP contribution in [0.2, 0.25) is 0 Å². The number of hydrogen-bond acceptors (Lipinski definition) is 1. The van der Waals surface area contributed by atoms with Crippen molar-refractivity contribution in [2.75, 3.05) is 0 Å². The Kier molecular flexibility index (Phi) is 2.95. The van der Waals surface area contributed by atoms with Gasteiger partial charge < -0.3 is 10.6 Å². The van der Waals surface area contributed by atoms with Crippen LogP contribution in [0.4, 0.5) is 4.79 Å². The third kappa shape index (κ3) is 3.11. The Morgan fingerprint density at radius 1 is 1.25 bits per heavy atom. The Bertz CT molecular complexity index is 164. The van der Waals surface area contributed by atoms with Crippen molar-refractivity contribution in [3.63, 3.8) is 0 Å². The van der Waals surface area contributed by atoms with E-state index in [0.29, 0.717) is 6.04 Å². The summed E-state index contributed by atoms with van der Waals surface area (Å²) in [6.45, 7) is 5.99. The van der Waals surface area contributed by atoms with E-state index in [-0.39, 0.29) is 12.1 Å². The summed E-state index contributed by atoms with van der Waals surface area (Å²) in [6, 6.07) is 0.518. The van der Waals surface area contributed by atoms with Gasteiger partial charge in [-0.1, -0.05) is 0 Å². The zero-order valence-corrected chi connectivity index (χ0v) is 8.05. The van der Waals surface area contributed by atoms with Gasteiger partial charge in [-0.15, -0.1) is 0 Å². The number of hydrogen-bond donors (Lipinski definition) is 2. The molecule has 1 aliphatic carbocycles. The average Bonchev–Trinajstić information content (AvgIpc) is 2.63. The molecule has 0 aliphatic heterocycles. The van der Waals surface area contributed by atoms with Crippen molar-refractivity contribution in [2.24, 2.45) is 5.92 Å². The van der Waals surface area contributed by atoms with Crippen LogP contribution in [0, 0.1) is 5.92 Å². The lowest BCUT2D eigenvalue weighted by atomic mass is 10.2. The molecule has 0 heterocycles. The molecule has 1 atom stereocenters. The number of carbonyl (C=O) groups is 1. The molecule has 12 heavy (non-hydrogen) atoms. The van der Waals surface area contributed by atoms with Gasteiger partial charge in [0, 0.05) is 12.1 Å². The first kappa shape index (κ1) is 9.36. The molecule has 3 nitrogen and oxygen atoms in total. The second kappa shape index (κ2) is 3.78. The highest BCUT2D eigenvalue weighted by Crippen LogP contribution is 2.32. The zero-order valence-electron chi connectivity index (χ0n) is 8.05. The minimum absolute atomic E-state index is 0.0376. The molecule has 1 unspecified atom stereocenters. The fourth-order valence-corrected chi connectivity index (χ4v) is 1.22. The zero-order chi connectivity index (χ0) is 9.14. The number of amides is 2. The number of urea groups is 1. The van der Waals surface area contributed by atoms with Crippen molar-refractivity contribution in [1.29, 1.82) is 0 Å². The van der Waals surface area contributed by atoms with Crippen molar-refractivity contribution in [1.82, 2.24) is 10.6 Å². The summed E-state index contributed by atoms with van der Waals surface area (Å²) in [5, 5.41) is 5.73. The van der Waals surface area contributed by atoms with Gasteiger partial charge in [-0.05, 0) is 39.5 Å². The van der Waals surface area contributed by atoms with Crippen molar-refractivity contribution >= 4 is 6.03 Å². The molecule has 1 rings (SSSR count). The fourth-order valence-electron chi connectivity index (χ4n) is 1.22. The molecule has 70 valence electrons. The van der Waals surface area contributed by atoms with Crippen LogP contribution in [0.25, 0.3) is 0 Å². The number of nitrogens with one attached hydrogen (secondary N) is 2. The predicted molar refractivity (Wildman–Crippen MR) is 49.0 cm³/mol. The van der Waals surface area contributed by atoms with Crippen molar-refractivity contribution in [3.8, 4) is 0 Å². The highest BCUT2D eigenvalue weighted by molar-refractivity contribution is 5.74. The van der Waals surface area contributed by atoms with Gasteiger partial charge in [0.1, 0.15) is 0 Å². The van der Waals surface area contributed by atoms with Gasteiger partial charge in [0.05, 0.1) is 0 Å². The predicted octanol–water partition coefficient (Wildman–Crippen LogP) is 1.49. The van der Waals surface area contributed by atoms with Crippen LogP contribution >= 0.6 is 0 Å². The Labute approximate surface area is 73.9 Å². The van der Waals surface area contributed by atoms with E-state index in [1.165, 1.54) is 12.8 Å². The van der Waals surface area contributed by atoms with Crippen molar-refractivity contribution < 1.29 is 4.79 Å². The fraction of sp³-hybridized carbons (Fsp3) is 0.889. The molecule has 0 bridgehead atoms. The Balaban J connectivity index is 2.15. The molecule has 0 aromatic heterocycles. The first-order valence-electron chi connectivity index (χ1n) is 4.66. The van der Waals surface area contributed by atoms with Gasteiger partial charge in [0.2, 0.25) is 0 Å². The van der Waals surface area contributed by atoms with E-state index in [0.717, 1.165) is 5.92 Å². The Hall–Kier alpha value is -0.730. The molecule has 1 aliphatic rings. The molecular weight excluding hydrogens is 152 g/mol. The third-order valence-electron chi connectivity index (χ3n) is 2.11. The molecule has 0 aromatic rings. The highest BCUT2D eigenvalue weighted by Gasteiger charge is 2.28. The van der Waals surface area contributed by atoms with Crippen LogP contribution in [-0.2, 0) is 0 Å². The van der Waals surface area contributed by atoms with Crippen LogP contribution in [-0.4, -0.2) is 18.1 Å². The SMILES string of the molecule is CC(C)NC(=O)NC(C)C1CC1. The highest BCUT2D eigenvalue weighted by atomic mass is 16.2. The van der Waals surface area contributed by atoms with Gasteiger partial charge in [-0.3, -0.25) is 0 Å². The Morgan fingerprint density at radius 2 is 1.83 bits per heavy atom. The van der Waals surface area contributed by atoms with Crippen LogP contribution in [0.3, 0.4) is 0 Å². The molecule has 0 spiro atoms. The molecule has 3 heteroatoms. The topological polar surface area (TPSA) is 41.1 Å². The van der Waals surface area contributed by atoms with Gasteiger partial charge in [-0.2, -0.15) is 0 Å². The normalized spacial score (nSPS) is 19.0. The maximum Gasteiger partial charge on any atom is 0.315 e. The summed E-state index contributed by atoms with van der Waals surface area (Å²) < 4.78 is 0. The molecule has 2 amide bonds. The van der Waals surface area contributed by atoms with E-state index in [2.05, 4.69) is 17.6 Å². The summed E-state index contributed by atoms with van der Waals surface area (Å²) in [4.78, 5) is 11.2. The summed E-state index contributed by atoms with van der Waals surface area (Å²) in [7, 11) is 0. The molecule has 1 saturated carbocycles. The van der Waals surface area contributed by atoms with E-state index < -0.39 is 0 Å². The number of rotatable bonds is 3. The van der Waals surface area contributed by atoms with E-state index in [4.69, 9.17) is 0 Å². The third-order valence-corrected chi connectivity index (χ3v) is 2.11. The minimum Gasteiger partial charge on any atom is -0.336 e. The van der Waals surface area contributed by atoms with E-state index in [1.54, 1.807) is 0 Å². The minimum atomic E-state index is -0.0376. The molecule has 2 N–H and O–H groups in total. The van der Waals surface area contributed by atoms with Gasteiger partial charge in [0.15, 0.2) is 0 Å². The molecule has 0 saturated heterocycles. The van der Waals surface area contributed by atoms with Crippen LogP contribution in [0.1, 0.15) is 33.6 Å². The standard InChI is InChI=1S/C9H18N2O/c1-6(2)10-9(12)11-7(3)8-4-5-8/h6-8H,4-5H2,1-3H3,(H2,10,11,12). The lowest BCUT2D eigenvalue weighted by Gasteiger charge is -2.15. The quantitative estimate of drug-likeness (QED) is 0.662. The number of carbonyl (C=O) groups excluding carboxylic acids is 1. The van der Waals surface area contributed by atoms with E-state index in [1.807, 2.05) is 13.8 Å². The van der Waals surface area contributed by atoms with Crippen molar-refractivity contribution in [3.05, 3.63) is 0 Å². The van der Waals surface area contributed by atoms with Gasteiger partial charge in [-0.25, -0.2) is 4.79 Å². The van der Waals surface area contributed by atoms with Gasteiger partial charge in [0.25, 0.3) is 0 Å². The summed E-state index contributed by atoms with van der Waals surface area (Å²) in [5.74, 6) is 0.725. The van der Waals surface area contributed by atoms with Crippen LogP contribution in [0.15, 0.2) is 0 Å². The molecular formula is C9H18N2O. The largest absolute Gasteiger partial charge is 0.336 e. The molecule has 1 fully saturated rings. The van der Waals surface area contributed by atoms with Gasteiger partial charge >= 0.3 is 6.03 Å². The van der Waals surface area contributed by atoms with Crippen molar-refractivity contribution in [2.45, 2.75) is 45.7 Å². The smallest absolute Gasteiger partial charge is 0.315 e. The summed E-state index contributed by atoms with van der Waals surface area (Å²) in [5.41, 5.74) is 0. The summed E-state index contributed by atoms with van der Waals surface area (Å²) in [6.07, 6.45) is 2.53. The van der Waals surface area contributed by atoms with Crippen LogP contribution < -0.4 is 10.6 Å². The lowest BCUT2D eigenvalue weighted by molar-refractivity contribution is 0.234. The first-order valence-corrected chi connectivity index (χ1v) is 4.66. The first-order chi connectivity index (χ1) is 5.59. The van der Waals surface area contributed by atoms with Crippen LogP contribution in [0.5, 0.6) is 0 Å². The second-order valence-corrected chi connectivity index (χ2v) is 3.90.